The van der Waals surface area contributed by atoms with Crippen LogP contribution in [0, 0.1) is 0 Å². The number of rotatable bonds is 1. The predicted octanol–water partition coefficient (Wildman–Crippen LogP) is 2.32. The summed E-state index contributed by atoms with van der Waals surface area (Å²) in [6.45, 7) is 0. The highest BCUT2D eigenvalue weighted by molar-refractivity contribution is 9.11. The van der Waals surface area contributed by atoms with Crippen LogP contribution in [0.2, 0.25) is 0 Å². The van der Waals surface area contributed by atoms with Gasteiger partial charge in [-0.15, -0.1) is 0 Å². The van der Waals surface area contributed by atoms with E-state index in [1.54, 1.807) is 12.1 Å². The van der Waals surface area contributed by atoms with E-state index in [-0.39, 0.29) is 5.76 Å². The molecule has 0 atom stereocenters. The van der Waals surface area contributed by atoms with Crippen LogP contribution in [-0.2, 0) is 0 Å². The molecule has 0 N–H and O–H groups in total. The van der Waals surface area contributed by atoms with Crippen molar-refractivity contribution in [3.8, 4) is 0 Å². The van der Waals surface area contributed by atoms with E-state index in [0.717, 1.165) is 4.47 Å². The molecule has 0 amide bonds. The summed E-state index contributed by atoms with van der Waals surface area (Å²) in [6.07, 6.45) is 0. The number of fused-ring (bicyclic) bond motifs is 1. The van der Waals surface area contributed by atoms with E-state index < -0.39 is 5.97 Å². The third kappa shape index (κ3) is 1.57. The average molecular weight is 319 g/mol. The molecule has 1 aromatic carbocycles. The Balaban J connectivity index is 2.76. The van der Waals surface area contributed by atoms with Crippen LogP contribution >= 0.6 is 31.9 Å². The zero-order valence-electron chi connectivity index (χ0n) is 6.71. The van der Waals surface area contributed by atoms with Gasteiger partial charge >= 0.3 is 0 Å². The van der Waals surface area contributed by atoms with E-state index in [2.05, 4.69) is 31.9 Å². The molecule has 0 saturated heterocycles. The minimum Gasteiger partial charge on any atom is -0.542 e. The maximum absolute atomic E-state index is 10.5. The number of aromatic carboxylic acids is 1. The topological polar surface area (TPSA) is 53.3 Å². The summed E-state index contributed by atoms with van der Waals surface area (Å²) in [7, 11) is 0. The highest BCUT2D eigenvalue weighted by Gasteiger charge is 2.08. The molecule has 1 heterocycles. The molecular weight excluding hydrogens is 316 g/mol. The van der Waals surface area contributed by atoms with E-state index in [9.17, 15) is 9.90 Å². The van der Waals surface area contributed by atoms with Gasteiger partial charge in [0.15, 0.2) is 5.76 Å². The van der Waals surface area contributed by atoms with Crippen LogP contribution in [0.4, 0.5) is 0 Å². The fourth-order valence-corrected chi connectivity index (χ4v) is 2.52. The molecule has 0 aliphatic rings. The van der Waals surface area contributed by atoms with Gasteiger partial charge in [-0.25, -0.2) is 0 Å². The lowest BCUT2D eigenvalue weighted by Crippen LogP contribution is -2.21. The van der Waals surface area contributed by atoms with Gasteiger partial charge in [-0.05, 0) is 34.1 Å². The Morgan fingerprint density at radius 3 is 2.64 bits per heavy atom. The lowest BCUT2D eigenvalue weighted by molar-refractivity contribution is -0.256. The number of furan rings is 1. The lowest BCUT2D eigenvalue weighted by Gasteiger charge is -1.94. The molecule has 0 saturated carbocycles. The third-order valence-electron chi connectivity index (χ3n) is 1.74. The first-order valence-electron chi connectivity index (χ1n) is 3.68. The van der Waals surface area contributed by atoms with Gasteiger partial charge in [-0.2, -0.15) is 0 Å². The van der Waals surface area contributed by atoms with Crippen molar-refractivity contribution in [3.05, 3.63) is 32.9 Å². The molecule has 2 rings (SSSR count). The summed E-state index contributed by atoms with van der Waals surface area (Å²) < 4.78 is 6.64. The number of halogens is 2. The smallest absolute Gasteiger partial charge is 0.150 e. The van der Waals surface area contributed by atoms with Crippen molar-refractivity contribution >= 4 is 48.8 Å². The van der Waals surface area contributed by atoms with Crippen LogP contribution in [0.5, 0.6) is 0 Å². The summed E-state index contributed by atoms with van der Waals surface area (Å²) in [5.41, 5.74) is 0.507. The van der Waals surface area contributed by atoms with Crippen LogP contribution in [0.1, 0.15) is 10.6 Å². The first-order valence-corrected chi connectivity index (χ1v) is 5.26. The Morgan fingerprint density at radius 1 is 1.29 bits per heavy atom. The Morgan fingerprint density at radius 2 is 2.00 bits per heavy atom. The largest absolute Gasteiger partial charge is 0.542 e. The first kappa shape index (κ1) is 9.73. The fourth-order valence-electron chi connectivity index (χ4n) is 1.18. The first-order chi connectivity index (χ1) is 6.58. The molecule has 1 aromatic heterocycles. The predicted molar refractivity (Wildman–Crippen MR) is 55.9 cm³/mol. The summed E-state index contributed by atoms with van der Waals surface area (Å²) in [5.74, 6) is -1.48. The zero-order valence-corrected chi connectivity index (χ0v) is 9.88. The van der Waals surface area contributed by atoms with Gasteiger partial charge in [0.25, 0.3) is 0 Å². The number of carbonyl (C=O) groups is 1. The van der Waals surface area contributed by atoms with Crippen LogP contribution < -0.4 is 5.11 Å². The van der Waals surface area contributed by atoms with Crippen molar-refractivity contribution in [3.63, 3.8) is 0 Å². The average Bonchev–Trinajstić information content (AvgIpc) is 2.47. The Labute approximate surface area is 96.0 Å². The second-order valence-corrected chi connectivity index (χ2v) is 4.47. The van der Waals surface area contributed by atoms with Crippen molar-refractivity contribution in [1.29, 1.82) is 0 Å². The lowest BCUT2D eigenvalue weighted by atomic mass is 10.2. The van der Waals surface area contributed by atoms with E-state index in [1.165, 1.54) is 6.07 Å². The van der Waals surface area contributed by atoms with E-state index >= 15 is 0 Å². The van der Waals surface area contributed by atoms with Gasteiger partial charge in [0.1, 0.15) is 11.6 Å². The highest BCUT2D eigenvalue weighted by Crippen LogP contribution is 2.30. The molecule has 0 fully saturated rings. The molecule has 0 radical (unpaired) electrons. The third-order valence-corrected chi connectivity index (χ3v) is 2.78. The number of hydrogen-bond donors (Lipinski definition) is 0. The normalized spacial score (nSPS) is 10.7. The highest BCUT2D eigenvalue weighted by atomic mass is 79.9. The van der Waals surface area contributed by atoms with E-state index in [1.807, 2.05) is 0 Å². The molecule has 0 spiro atoms. The number of carboxylic acid groups (broad SMARTS) is 1. The maximum Gasteiger partial charge on any atom is 0.150 e. The minimum absolute atomic E-state index is 0.168. The van der Waals surface area contributed by atoms with Crippen molar-refractivity contribution in [1.82, 2.24) is 0 Å². The molecular formula is C9H3Br2O3-. The van der Waals surface area contributed by atoms with E-state index in [4.69, 9.17) is 4.42 Å². The Hall–Kier alpha value is -0.810. The van der Waals surface area contributed by atoms with Crippen LogP contribution in [0.3, 0.4) is 0 Å². The summed E-state index contributed by atoms with van der Waals surface area (Å²) in [4.78, 5) is 10.5. The number of carbonyl (C=O) groups excluding carboxylic acids is 1. The van der Waals surface area contributed by atoms with E-state index in [0.29, 0.717) is 15.4 Å². The quantitative estimate of drug-likeness (QED) is 0.811. The standard InChI is InChI=1S/C9H4Br2O3/c10-5-1-4-2-7(9(12)13)14-8(4)6(11)3-5/h1-3H,(H,12,13)/p-1. The van der Waals surface area contributed by atoms with Crippen molar-refractivity contribution < 1.29 is 14.3 Å². The number of benzene rings is 1. The summed E-state index contributed by atoms with van der Waals surface area (Å²) >= 11 is 6.57. The molecule has 0 aliphatic carbocycles. The SMILES string of the molecule is O=C([O-])c1cc2cc(Br)cc(Br)c2o1. The summed E-state index contributed by atoms with van der Waals surface area (Å²) in [5, 5.41) is 11.2. The van der Waals surface area contributed by atoms with Gasteiger partial charge in [-0.1, -0.05) is 15.9 Å². The Bertz CT molecular complexity index is 516. The second-order valence-electron chi connectivity index (χ2n) is 2.70. The molecule has 14 heavy (non-hydrogen) atoms. The monoisotopic (exact) mass is 317 g/mol. The van der Waals surface area contributed by atoms with Crippen molar-refractivity contribution in [2.75, 3.05) is 0 Å². The number of hydrogen-bond acceptors (Lipinski definition) is 3. The molecule has 0 aliphatic heterocycles. The molecule has 3 nitrogen and oxygen atoms in total. The number of carboxylic acids is 1. The zero-order chi connectivity index (χ0) is 10.3. The van der Waals surface area contributed by atoms with Crippen LogP contribution in [0.25, 0.3) is 11.0 Å². The molecule has 0 unspecified atom stereocenters. The second kappa shape index (κ2) is 3.40. The van der Waals surface area contributed by atoms with Gasteiger partial charge < -0.3 is 14.3 Å². The molecule has 5 heteroatoms. The van der Waals surface area contributed by atoms with Crippen molar-refractivity contribution in [2.24, 2.45) is 0 Å². The molecule has 72 valence electrons. The van der Waals surface area contributed by atoms with Crippen LogP contribution in [0.15, 0.2) is 31.6 Å². The maximum atomic E-state index is 10.5. The van der Waals surface area contributed by atoms with Crippen LogP contribution in [-0.4, -0.2) is 5.97 Å². The van der Waals surface area contributed by atoms with Gasteiger partial charge in [-0.3, -0.25) is 0 Å². The Kier molecular flexibility index (Phi) is 2.36. The van der Waals surface area contributed by atoms with Gasteiger partial charge in [0.05, 0.1) is 4.47 Å². The summed E-state index contributed by atoms with van der Waals surface area (Å²) in [6, 6.07) is 4.99. The fraction of sp³-hybridized carbons (Fsp3) is 0. The minimum atomic E-state index is -1.32. The van der Waals surface area contributed by atoms with Gasteiger partial charge in [0, 0.05) is 9.86 Å². The van der Waals surface area contributed by atoms with Gasteiger partial charge in [0.2, 0.25) is 0 Å². The molecule has 0 bridgehead atoms. The molecule has 2 aromatic rings. The van der Waals surface area contributed by atoms with Crippen molar-refractivity contribution in [2.45, 2.75) is 0 Å².